The SMILES string of the molecule is CC(C)(C)c1cccc2c1oc1c(N(c3cccc(-c4ccccc4)c3)c3ccc4c(c3)C(c3ccccc3)(c3ccccc3)c3cc(N(c5cccc(-c6ccccc6)c5)c5cccc6c5oc5c(C(C)(C)C)cccc56)c5ccccc5c3-4)cccc12. The lowest BCUT2D eigenvalue weighted by atomic mass is 9.67. The molecule has 2 aromatic heterocycles. The van der Waals surface area contributed by atoms with Gasteiger partial charge in [0.05, 0.1) is 22.5 Å². The third-order valence-corrected chi connectivity index (χ3v) is 18.5. The third-order valence-electron chi connectivity index (χ3n) is 18.5. The van der Waals surface area contributed by atoms with Crippen LogP contribution in [0.1, 0.15) is 74.9 Å². The minimum Gasteiger partial charge on any atom is -0.454 e. The summed E-state index contributed by atoms with van der Waals surface area (Å²) in [5.41, 5.74) is 22.4. The molecule has 0 amide bonds. The van der Waals surface area contributed by atoms with Gasteiger partial charge in [-0.3, -0.25) is 0 Å². The normalized spacial score (nSPS) is 12.9. The lowest BCUT2D eigenvalue weighted by Crippen LogP contribution is -2.29. The Balaban J connectivity index is 1.00. The molecular formula is C85H66N2O2. The molecule has 0 unspecified atom stereocenters. The van der Waals surface area contributed by atoms with E-state index in [1.54, 1.807) is 0 Å². The van der Waals surface area contributed by atoms with Crippen LogP contribution in [0.15, 0.2) is 300 Å². The fraction of sp³-hybridized carbons (Fsp3) is 0.106. The monoisotopic (exact) mass is 1150 g/mol. The van der Waals surface area contributed by atoms with Crippen LogP contribution in [0.5, 0.6) is 0 Å². The van der Waals surface area contributed by atoms with Gasteiger partial charge >= 0.3 is 0 Å². The van der Waals surface area contributed by atoms with Gasteiger partial charge in [-0.1, -0.05) is 278 Å². The van der Waals surface area contributed by atoms with Crippen LogP contribution in [-0.2, 0) is 16.2 Å². The number of nitrogens with zero attached hydrogens (tertiary/aromatic N) is 2. The largest absolute Gasteiger partial charge is 0.454 e. The molecule has 0 spiro atoms. The summed E-state index contributed by atoms with van der Waals surface area (Å²) >= 11 is 0. The van der Waals surface area contributed by atoms with Crippen molar-refractivity contribution in [2.75, 3.05) is 9.80 Å². The lowest BCUT2D eigenvalue weighted by molar-refractivity contribution is 0.572. The summed E-state index contributed by atoms with van der Waals surface area (Å²) < 4.78 is 14.7. The Bertz CT molecular complexity index is 5180. The Morgan fingerprint density at radius 3 is 1.18 bits per heavy atom. The fourth-order valence-corrected chi connectivity index (χ4v) is 14.5. The molecule has 16 rings (SSSR count). The Morgan fingerprint density at radius 2 is 0.674 bits per heavy atom. The number of rotatable bonds is 10. The highest BCUT2D eigenvalue weighted by molar-refractivity contribution is 6.16. The molecular weight excluding hydrogens is 1080 g/mol. The van der Waals surface area contributed by atoms with Gasteiger partial charge in [-0.15, -0.1) is 0 Å². The number of hydrogen-bond acceptors (Lipinski definition) is 4. The Morgan fingerprint density at radius 1 is 0.281 bits per heavy atom. The van der Waals surface area contributed by atoms with E-state index < -0.39 is 5.41 Å². The predicted octanol–water partition coefficient (Wildman–Crippen LogP) is 23.9. The number of benzene rings is 13. The maximum atomic E-state index is 7.37. The summed E-state index contributed by atoms with van der Waals surface area (Å²) in [6.07, 6.45) is 0. The molecule has 4 heteroatoms. The molecule has 0 fully saturated rings. The van der Waals surface area contributed by atoms with E-state index in [2.05, 4.69) is 343 Å². The van der Waals surface area contributed by atoms with E-state index in [4.69, 9.17) is 8.83 Å². The molecule has 0 saturated heterocycles. The van der Waals surface area contributed by atoms with E-state index in [1.165, 1.54) is 44.5 Å². The average molecular weight is 1150 g/mol. The van der Waals surface area contributed by atoms with Crippen LogP contribution in [0.3, 0.4) is 0 Å². The summed E-state index contributed by atoms with van der Waals surface area (Å²) in [7, 11) is 0. The molecule has 0 saturated carbocycles. The first-order valence-electron chi connectivity index (χ1n) is 31.1. The van der Waals surface area contributed by atoms with Gasteiger partial charge in [-0.05, 0) is 126 Å². The summed E-state index contributed by atoms with van der Waals surface area (Å²) in [6, 6.07) is 107. The van der Waals surface area contributed by atoms with Gasteiger partial charge < -0.3 is 18.6 Å². The smallest absolute Gasteiger partial charge is 0.159 e. The van der Waals surface area contributed by atoms with Crippen LogP contribution in [0.25, 0.3) is 88.0 Å². The van der Waals surface area contributed by atoms with Crippen molar-refractivity contribution in [3.8, 4) is 33.4 Å². The van der Waals surface area contributed by atoms with Crippen LogP contribution < -0.4 is 9.80 Å². The number of hydrogen-bond donors (Lipinski definition) is 0. The van der Waals surface area contributed by atoms with E-state index in [0.29, 0.717) is 0 Å². The first-order valence-corrected chi connectivity index (χ1v) is 31.1. The first kappa shape index (κ1) is 53.8. The average Bonchev–Trinajstić information content (AvgIpc) is 1.55. The van der Waals surface area contributed by atoms with Crippen LogP contribution in [0, 0.1) is 0 Å². The van der Waals surface area contributed by atoms with Gasteiger partial charge in [0.1, 0.15) is 11.2 Å². The molecule has 428 valence electrons. The Kier molecular flexibility index (Phi) is 12.5. The Labute approximate surface area is 520 Å². The minimum atomic E-state index is -0.836. The molecule has 0 bridgehead atoms. The highest BCUT2D eigenvalue weighted by atomic mass is 16.3. The van der Waals surface area contributed by atoms with Crippen molar-refractivity contribution in [2.24, 2.45) is 0 Å². The van der Waals surface area contributed by atoms with Crippen molar-refractivity contribution in [2.45, 2.75) is 57.8 Å². The van der Waals surface area contributed by atoms with E-state index in [9.17, 15) is 0 Å². The van der Waals surface area contributed by atoms with Crippen molar-refractivity contribution < 1.29 is 8.83 Å². The maximum absolute atomic E-state index is 7.37. The number of anilines is 6. The van der Waals surface area contributed by atoms with Crippen molar-refractivity contribution in [3.05, 3.63) is 325 Å². The fourth-order valence-electron chi connectivity index (χ4n) is 14.5. The number of para-hydroxylation sites is 4. The highest BCUT2D eigenvalue weighted by Crippen LogP contribution is 2.61. The molecule has 0 atom stereocenters. The second-order valence-electron chi connectivity index (χ2n) is 26.0. The number of fused-ring (bicyclic) bond motifs is 11. The zero-order valence-corrected chi connectivity index (χ0v) is 50.9. The van der Waals surface area contributed by atoms with Crippen LogP contribution in [0.4, 0.5) is 34.1 Å². The quantitative estimate of drug-likeness (QED) is 0.137. The van der Waals surface area contributed by atoms with Crippen molar-refractivity contribution in [1.82, 2.24) is 0 Å². The van der Waals surface area contributed by atoms with Crippen molar-refractivity contribution >= 4 is 88.8 Å². The molecule has 0 radical (unpaired) electrons. The highest BCUT2D eigenvalue weighted by Gasteiger charge is 2.48. The molecule has 2 heterocycles. The second-order valence-corrected chi connectivity index (χ2v) is 26.0. The number of furan rings is 2. The van der Waals surface area contributed by atoms with Crippen molar-refractivity contribution in [3.63, 3.8) is 0 Å². The Hall–Kier alpha value is -10.7. The molecule has 0 aliphatic heterocycles. The zero-order valence-electron chi connectivity index (χ0n) is 50.9. The first-order chi connectivity index (χ1) is 43.4. The standard InChI is InChI=1S/C85H66N2O2/c1-83(2,3)71-45-23-41-66-68-43-25-47-75(81(68)88-79(66)71)86(61-37-21-31-57(51-61)55-27-11-7-12-28-55)63-49-50-70-73(53-63)85(59-33-15-9-16-34-59,60-35-17-10-18-36-60)74-54-77(64-39-19-20-40-65(64)78(70)74)87(62-38-22-32-58(52-62)56-29-13-8-14-30-56)76-48-26-44-69-67-42-24-46-72(84(4,5)6)80(67)89-82(69)76/h7-54H,1-6H3. The summed E-state index contributed by atoms with van der Waals surface area (Å²) in [5, 5.41) is 6.66. The van der Waals surface area contributed by atoms with E-state index in [0.717, 1.165) is 111 Å². The van der Waals surface area contributed by atoms with Gasteiger partial charge in [-0.25, -0.2) is 0 Å². The molecule has 4 nitrogen and oxygen atoms in total. The maximum Gasteiger partial charge on any atom is 0.159 e. The van der Waals surface area contributed by atoms with Gasteiger partial charge in [0, 0.05) is 55.1 Å². The molecule has 1 aliphatic rings. The van der Waals surface area contributed by atoms with Crippen LogP contribution >= 0.6 is 0 Å². The second kappa shape index (κ2) is 20.8. The van der Waals surface area contributed by atoms with Gasteiger partial charge in [-0.2, -0.15) is 0 Å². The third kappa shape index (κ3) is 8.64. The predicted molar refractivity (Wildman–Crippen MR) is 373 cm³/mol. The molecule has 89 heavy (non-hydrogen) atoms. The topological polar surface area (TPSA) is 32.8 Å². The molecule has 1 aliphatic carbocycles. The summed E-state index contributed by atoms with van der Waals surface area (Å²) in [6.45, 7) is 13.6. The van der Waals surface area contributed by atoms with Gasteiger partial charge in [0.25, 0.3) is 0 Å². The van der Waals surface area contributed by atoms with Crippen molar-refractivity contribution in [1.29, 1.82) is 0 Å². The van der Waals surface area contributed by atoms with Gasteiger partial charge in [0.15, 0.2) is 11.2 Å². The zero-order chi connectivity index (χ0) is 60.2. The van der Waals surface area contributed by atoms with Gasteiger partial charge in [0.2, 0.25) is 0 Å². The van der Waals surface area contributed by atoms with E-state index >= 15 is 0 Å². The molecule has 0 N–H and O–H groups in total. The molecule has 15 aromatic rings. The van der Waals surface area contributed by atoms with E-state index in [-0.39, 0.29) is 10.8 Å². The lowest BCUT2D eigenvalue weighted by Gasteiger charge is -2.36. The summed E-state index contributed by atoms with van der Waals surface area (Å²) in [5.74, 6) is 0. The summed E-state index contributed by atoms with van der Waals surface area (Å²) in [4.78, 5) is 4.91. The van der Waals surface area contributed by atoms with Crippen LogP contribution in [0.2, 0.25) is 0 Å². The minimum absolute atomic E-state index is 0.144. The van der Waals surface area contributed by atoms with E-state index in [1.807, 2.05) is 0 Å². The van der Waals surface area contributed by atoms with Crippen LogP contribution in [-0.4, -0.2) is 0 Å². The molecule has 13 aromatic carbocycles.